The number of rotatable bonds is 6. The van der Waals surface area contributed by atoms with Crippen molar-refractivity contribution >= 4 is 27.4 Å². The number of carbonyl (C=O) groups excluding carboxylic acids is 2. The molecule has 1 aliphatic heterocycles. The third kappa shape index (κ3) is 5.23. The van der Waals surface area contributed by atoms with Crippen LogP contribution in [0.2, 0.25) is 0 Å². The van der Waals surface area contributed by atoms with Crippen molar-refractivity contribution in [2.75, 3.05) is 18.1 Å². The molecule has 8 heteroatoms. The molecule has 0 saturated heterocycles. The first-order valence-corrected chi connectivity index (χ1v) is 10.7. The fraction of sp³-hybridized carbons (Fsp3) is 0.238. The molecule has 0 spiro atoms. The Bertz CT molecular complexity index is 1050. The summed E-state index contributed by atoms with van der Waals surface area (Å²) in [5.41, 5.74) is 8.19. The average Bonchev–Trinajstić information content (AvgIpc) is 3.06. The number of nitrogens with zero attached hydrogens (tertiary/aromatic N) is 1. The predicted molar refractivity (Wildman–Crippen MR) is 110 cm³/mol. The minimum atomic E-state index is -3.35. The van der Waals surface area contributed by atoms with Crippen LogP contribution < -0.4 is 5.73 Å². The summed E-state index contributed by atoms with van der Waals surface area (Å²) in [7, 11) is -3.35. The molecule has 7 nitrogen and oxygen atoms in total. The van der Waals surface area contributed by atoms with E-state index in [9.17, 15) is 18.0 Å². The molecule has 0 aliphatic carbocycles. The van der Waals surface area contributed by atoms with E-state index in [1.165, 1.54) is 17.0 Å². The first kappa shape index (κ1) is 20.6. The van der Waals surface area contributed by atoms with E-state index < -0.39 is 34.4 Å². The fourth-order valence-electron chi connectivity index (χ4n) is 2.98. The number of aryl methyl sites for hydroxylation is 1. The first-order valence-electron chi connectivity index (χ1n) is 9.03. The number of nitrogen functional groups attached to an aromatic ring is 1. The Hall–Kier alpha value is -3.13. The monoisotopic (exact) mass is 414 g/mol. The average molecular weight is 414 g/mol. The molecule has 1 heterocycles. The van der Waals surface area contributed by atoms with E-state index in [4.69, 9.17) is 10.5 Å². The summed E-state index contributed by atoms with van der Waals surface area (Å²) in [4.78, 5) is 26.5. The quantitative estimate of drug-likeness (QED) is 0.573. The molecule has 0 saturated carbocycles. The maximum atomic E-state index is 12.8. The van der Waals surface area contributed by atoms with E-state index in [-0.39, 0.29) is 17.9 Å². The van der Waals surface area contributed by atoms with E-state index in [0.29, 0.717) is 5.69 Å². The Kier molecular flexibility index (Phi) is 6.03. The van der Waals surface area contributed by atoms with Crippen LogP contribution in [-0.2, 0) is 25.9 Å². The Morgan fingerprint density at radius 3 is 2.52 bits per heavy atom. The van der Waals surface area contributed by atoms with Crippen molar-refractivity contribution in [1.29, 1.82) is 0 Å². The number of amides is 1. The summed E-state index contributed by atoms with van der Waals surface area (Å²) in [6.07, 6.45) is 1.48. The van der Waals surface area contributed by atoms with Gasteiger partial charge in [0.05, 0.1) is 17.4 Å². The smallest absolute Gasteiger partial charge is 0.338 e. The van der Waals surface area contributed by atoms with Crippen molar-refractivity contribution in [3.63, 3.8) is 0 Å². The van der Waals surface area contributed by atoms with Gasteiger partial charge in [0, 0.05) is 17.6 Å². The van der Waals surface area contributed by atoms with E-state index in [2.05, 4.69) is 0 Å². The standard InChI is InChI=1S/C21H22N2O5S/c1-15-7-8-17(11-19(15)22)21(25)28-13-20(24)23(12-16-5-3-2-4-6-16)18-9-10-29(26,27)14-18/h2-11,18H,12-14,22H2,1H3/t18-/m0/s1. The van der Waals surface area contributed by atoms with Crippen molar-refractivity contribution in [3.05, 3.63) is 76.7 Å². The summed E-state index contributed by atoms with van der Waals surface area (Å²) in [5, 5.41) is 1.12. The van der Waals surface area contributed by atoms with Crippen LogP contribution in [0.3, 0.4) is 0 Å². The Balaban J connectivity index is 1.71. The van der Waals surface area contributed by atoms with Gasteiger partial charge in [-0.2, -0.15) is 0 Å². The van der Waals surface area contributed by atoms with E-state index >= 15 is 0 Å². The molecule has 2 aromatic carbocycles. The number of hydrogen-bond acceptors (Lipinski definition) is 6. The summed E-state index contributed by atoms with van der Waals surface area (Å²) in [5.74, 6) is -1.33. The molecule has 0 aromatic heterocycles. The van der Waals surface area contributed by atoms with Crippen LogP contribution in [0.1, 0.15) is 21.5 Å². The van der Waals surface area contributed by atoms with Crippen LogP contribution in [0.25, 0.3) is 0 Å². The van der Waals surface area contributed by atoms with Gasteiger partial charge in [-0.3, -0.25) is 4.79 Å². The number of carbonyl (C=O) groups is 2. The van der Waals surface area contributed by atoms with Crippen LogP contribution >= 0.6 is 0 Å². The Morgan fingerprint density at radius 2 is 1.90 bits per heavy atom. The van der Waals surface area contributed by atoms with E-state index in [1.54, 1.807) is 12.1 Å². The second-order valence-electron chi connectivity index (χ2n) is 6.88. The molecule has 1 atom stereocenters. The minimum Gasteiger partial charge on any atom is -0.452 e. The number of nitrogens with two attached hydrogens (primary N) is 1. The van der Waals surface area contributed by atoms with Crippen LogP contribution in [-0.4, -0.2) is 43.6 Å². The van der Waals surface area contributed by atoms with Crippen LogP contribution in [0.5, 0.6) is 0 Å². The molecule has 0 radical (unpaired) electrons. The van der Waals surface area contributed by atoms with Crippen molar-refractivity contribution in [2.24, 2.45) is 0 Å². The number of benzene rings is 2. The zero-order chi connectivity index (χ0) is 21.0. The zero-order valence-corrected chi connectivity index (χ0v) is 16.8. The van der Waals surface area contributed by atoms with Gasteiger partial charge in [-0.05, 0) is 36.3 Å². The minimum absolute atomic E-state index is 0.186. The van der Waals surface area contributed by atoms with Crippen molar-refractivity contribution in [3.8, 4) is 0 Å². The number of anilines is 1. The van der Waals surface area contributed by atoms with Gasteiger partial charge in [0.25, 0.3) is 5.91 Å². The van der Waals surface area contributed by atoms with Crippen LogP contribution in [0.4, 0.5) is 5.69 Å². The third-order valence-electron chi connectivity index (χ3n) is 4.67. The topological polar surface area (TPSA) is 107 Å². The van der Waals surface area contributed by atoms with Gasteiger partial charge in [-0.1, -0.05) is 36.4 Å². The van der Waals surface area contributed by atoms with Crippen LogP contribution in [0.15, 0.2) is 60.0 Å². The highest BCUT2D eigenvalue weighted by molar-refractivity contribution is 7.94. The maximum absolute atomic E-state index is 12.8. The molecule has 152 valence electrons. The summed E-state index contributed by atoms with van der Waals surface area (Å²) < 4.78 is 28.8. The molecule has 0 bridgehead atoms. The van der Waals surface area contributed by atoms with Crippen molar-refractivity contribution in [1.82, 2.24) is 4.90 Å². The summed E-state index contributed by atoms with van der Waals surface area (Å²) in [6, 6.07) is 13.4. The third-order valence-corrected chi connectivity index (χ3v) is 6.05. The summed E-state index contributed by atoms with van der Waals surface area (Å²) >= 11 is 0. The molecular weight excluding hydrogens is 392 g/mol. The van der Waals surface area contributed by atoms with Gasteiger partial charge < -0.3 is 15.4 Å². The highest BCUT2D eigenvalue weighted by Gasteiger charge is 2.30. The molecular formula is C21H22N2O5S. The number of esters is 1. The number of sulfone groups is 1. The lowest BCUT2D eigenvalue weighted by Gasteiger charge is -2.27. The van der Waals surface area contributed by atoms with E-state index in [1.807, 2.05) is 37.3 Å². The largest absolute Gasteiger partial charge is 0.452 e. The van der Waals surface area contributed by atoms with Crippen molar-refractivity contribution < 1.29 is 22.7 Å². The normalized spacial score (nSPS) is 17.1. The number of ether oxygens (including phenoxy) is 1. The molecule has 0 fully saturated rings. The predicted octanol–water partition coefficient (Wildman–Crippen LogP) is 2.07. The highest BCUT2D eigenvalue weighted by Crippen LogP contribution is 2.19. The molecule has 1 aliphatic rings. The summed E-state index contributed by atoms with van der Waals surface area (Å²) in [6.45, 7) is 1.53. The molecule has 29 heavy (non-hydrogen) atoms. The Labute approximate surface area is 169 Å². The lowest BCUT2D eigenvalue weighted by molar-refractivity contribution is -0.136. The highest BCUT2D eigenvalue weighted by atomic mass is 32.2. The molecule has 2 aromatic rings. The van der Waals surface area contributed by atoms with Gasteiger partial charge in [-0.15, -0.1) is 0 Å². The molecule has 3 rings (SSSR count). The first-order chi connectivity index (χ1) is 13.7. The molecule has 0 unspecified atom stereocenters. The van der Waals surface area contributed by atoms with Gasteiger partial charge in [0.1, 0.15) is 0 Å². The second-order valence-corrected chi connectivity index (χ2v) is 8.81. The van der Waals surface area contributed by atoms with Crippen LogP contribution in [0, 0.1) is 6.92 Å². The number of hydrogen-bond donors (Lipinski definition) is 1. The van der Waals surface area contributed by atoms with Gasteiger partial charge in [-0.25, -0.2) is 13.2 Å². The maximum Gasteiger partial charge on any atom is 0.338 e. The van der Waals surface area contributed by atoms with Gasteiger partial charge in [0.15, 0.2) is 16.4 Å². The fourth-order valence-corrected chi connectivity index (χ4v) is 4.28. The molecule has 1 amide bonds. The Morgan fingerprint density at radius 1 is 1.17 bits per heavy atom. The van der Waals surface area contributed by atoms with Gasteiger partial charge in [0.2, 0.25) is 0 Å². The SMILES string of the molecule is Cc1ccc(C(=O)OCC(=O)N(Cc2ccccc2)[C@H]2C=CS(=O)(=O)C2)cc1N. The van der Waals surface area contributed by atoms with Crippen molar-refractivity contribution in [2.45, 2.75) is 19.5 Å². The lowest BCUT2D eigenvalue weighted by Crippen LogP contribution is -2.42. The second kappa shape index (κ2) is 8.48. The lowest BCUT2D eigenvalue weighted by atomic mass is 10.1. The van der Waals surface area contributed by atoms with Gasteiger partial charge >= 0.3 is 5.97 Å². The van der Waals surface area contributed by atoms with E-state index in [0.717, 1.165) is 16.5 Å². The zero-order valence-electron chi connectivity index (χ0n) is 15.9. The molecule has 2 N–H and O–H groups in total.